The van der Waals surface area contributed by atoms with Gasteiger partial charge in [-0.3, -0.25) is 0 Å². The van der Waals surface area contributed by atoms with Gasteiger partial charge in [0.1, 0.15) is 5.01 Å². The van der Waals surface area contributed by atoms with Crippen molar-refractivity contribution in [2.45, 2.75) is 26.4 Å². The highest BCUT2D eigenvalue weighted by Crippen LogP contribution is 2.39. The first-order chi connectivity index (χ1) is 10.0. The van der Waals surface area contributed by atoms with E-state index < -0.39 is 0 Å². The smallest absolute Gasteiger partial charge is 0.179 e. The van der Waals surface area contributed by atoms with Crippen LogP contribution in [0.25, 0.3) is 10.6 Å². The Balaban J connectivity index is 2.28. The van der Waals surface area contributed by atoms with Gasteiger partial charge < -0.3 is 14.8 Å². The summed E-state index contributed by atoms with van der Waals surface area (Å²) >= 11 is 7.82. The molecule has 0 bridgehead atoms. The number of rotatable bonds is 6. The van der Waals surface area contributed by atoms with E-state index in [0.29, 0.717) is 22.6 Å². The van der Waals surface area contributed by atoms with Gasteiger partial charge in [0.15, 0.2) is 11.5 Å². The summed E-state index contributed by atoms with van der Waals surface area (Å²) in [6.45, 7) is 4.98. The zero-order valence-electron chi connectivity index (χ0n) is 12.6. The summed E-state index contributed by atoms with van der Waals surface area (Å²) in [6, 6.07) is 4.18. The quantitative estimate of drug-likeness (QED) is 0.872. The minimum absolute atomic E-state index is 0.436. The van der Waals surface area contributed by atoms with Gasteiger partial charge in [0.2, 0.25) is 0 Å². The summed E-state index contributed by atoms with van der Waals surface area (Å²) in [5.41, 5.74) is 1.95. The van der Waals surface area contributed by atoms with Crippen molar-refractivity contribution in [3.63, 3.8) is 0 Å². The molecule has 0 amide bonds. The highest BCUT2D eigenvalue weighted by atomic mass is 35.5. The van der Waals surface area contributed by atoms with Gasteiger partial charge in [-0.1, -0.05) is 25.4 Å². The third-order valence-electron chi connectivity index (χ3n) is 2.92. The summed E-state index contributed by atoms with van der Waals surface area (Å²) in [4.78, 5) is 4.63. The third kappa shape index (κ3) is 3.87. The number of aromatic nitrogens is 1. The number of thiazole rings is 1. The lowest BCUT2D eigenvalue weighted by Gasteiger charge is -2.10. The van der Waals surface area contributed by atoms with Gasteiger partial charge in [0, 0.05) is 23.5 Å². The van der Waals surface area contributed by atoms with Crippen LogP contribution in [0.1, 0.15) is 19.5 Å². The summed E-state index contributed by atoms with van der Waals surface area (Å²) in [6.07, 6.45) is 0. The van der Waals surface area contributed by atoms with Crippen molar-refractivity contribution in [2.75, 3.05) is 14.2 Å². The summed E-state index contributed by atoms with van der Waals surface area (Å²) < 4.78 is 10.6. The molecule has 1 aromatic carbocycles. The Morgan fingerprint density at radius 2 is 2.05 bits per heavy atom. The fourth-order valence-electron chi connectivity index (χ4n) is 1.87. The molecule has 0 unspecified atom stereocenters. The Hall–Kier alpha value is -1.30. The first-order valence-corrected chi connectivity index (χ1v) is 7.90. The van der Waals surface area contributed by atoms with Gasteiger partial charge in [0.05, 0.1) is 24.9 Å². The van der Waals surface area contributed by atoms with Crippen LogP contribution in [0.15, 0.2) is 17.5 Å². The maximum absolute atomic E-state index is 6.23. The molecule has 2 aromatic rings. The molecule has 0 radical (unpaired) electrons. The first-order valence-electron chi connectivity index (χ1n) is 6.64. The van der Waals surface area contributed by atoms with Crippen molar-refractivity contribution in [1.29, 1.82) is 0 Å². The molecule has 0 spiro atoms. The molecule has 4 nitrogen and oxygen atoms in total. The van der Waals surface area contributed by atoms with Crippen LogP contribution in [-0.4, -0.2) is 25.2 Å². The second-order valence-electron chi connectivity index (χ2n) is 4.87. The van der Waals surface area contributed by atoms with Crippen LogP contribution in [0, 0.1) is 0 Å². The lowest BCUT2D eigenvalue weighted by atomic mass is 10.2. The SMILES string of the molecule is COc1cc(-c2nc(CNC(C)C)cs2)cc(Cl)c1OC. The van der Waals surface area contributed by atoms with Gasteiger partial charge in [-0.15, -0.1) is 11.3 Å². The van der Waals surface area contributed by atoms with E-state index in [1.165, 1.54) is 0 Å². The van der Waals surface area contributed by atoms with Crippen molar-refractivity contribution in [2.24, 2.45) is 0 Å². The minimum atomic E-state index is 0.436. The molecule has 0 aliphatic rings. The van der Waals surface area contributed by atoms with E-state index in [-0.39, 0.29) is 0 Å². The summed E-state index contributed by atoms with van der Waals surface area (Å²) in [5.74, 6) is 1.15. The molecule has 6 heteroatoms. The summed E-state index contributed by atoms with van der Waals surface area (Å²) in [7, 11) is 3.17. The predicted octanol–water partition coefficient (Wildman–Crippen LogP) is 3.98. The van der Waals surface area contributed by atoms with E-state index in [2.05, 4.69) is 29.5 Å². The Labute approximate surface area is 134 Å². The van der Waals surface area contributed by atoms with Crippen LogP contribution in [0.4, 0.5) is 0 Å². The first kappa shape index (κ1) is 16.1. The van der Waals surface area contributed by atoms with E-state index in [0.717, 1.165) is 22.8 Å². The number of benzene rings is 1. The molecule has 1 aromatic heterocycles. The van der Waals surface area contributed by atoms with Crippen molar-refractivity contribution in [3.05, 3.63) is 28.2 Å². The lowest BCUT2D eigenvalue weighted by molar-refractivity contribution is 0.355. The Morgan fingerprint density at radius 1 is 1.29 bits per heavy atom. The van der Waals surface area contributed by atoms with Crippen LogP contribution >= 0.6 is 22.9 Å². The minimum Gasteiger partial charge on any atom is -0.493 e. The second kappa shape index (κ2) is 7.11. The molecule has 1 heterocycles. The number of halogens is 1. The van der Waals surface area contributed by atoms with Crippen LogP contribution in [0.3, 0.4) is 0 Å². The number of nitrogens with zero attached hydrogens (tertiary/aromatic N) is 1. The molecule has 0 saturated heterocycles. The highest BCUT2D eigenvalue weighted by Gasteiger charge is 2.14. The molecule has 21 heavy (non-hydrogen) atoms. The molecule has 0 fully saturated rings. The maximum Gasteiger partial charge on any atom is 0.179 e. The van der Waals surface area contributed by atoms with Crippen molar-refractivity contribution >= 4 is 22.9 Å². The number of hydrogen-bond acceptors (Lipinski definition) is 5. The van der Waals surface area contributed by atoms with E-state index in [1.807, 2.05) is 12.1 Å². The van der Waals surface area contributed by atoms with Crippen molar-refractivity contribution < 1.29 is 9.47 Å². The molecule has 1 N–H and O–H groups in total. The molecule has 0 atom stereocenters. The second-order valence-corrected chi connectivity index (χ2v) is 6.14. The van der Waals surface area contributed by atoms with Gasteiger partial charge in [-0.2, -0.15) is 0 Å². The van der Waals surface area contributed by atoms with Gasteiger partial charge in [0.25, 0.3) is 0 Å². The topological polar surface area (TPSA) is 43.4 Å². The van der Waals surface area contributed by atoms with E-state index in [9.17, 15) is 0 Å². The average molecular weight is 327 g/mol. The van der Waals surface area contributed by atoms with Crippen LogP contribution < -0.4 is 14.8 Å². The van der Waals surface area contributed by atoms with Gasteiger partial charge >= 0.3 is 0 Å². The average Bonchev–Trinajstić information content (AvgIpc) is 2.93. The normalized spacial score (nSPS) is 11.0. The highest BCUT2D eigenvalue weighted by molar-refractivity contribution is 7.13. The summed E-state index contributed by atoms with van der Waals surface area (Å²) in [5, 5.41) is 6.84. The monoisotopic (exact) mass is 326 g/mol. The predicted molar refractivity (Wildman–Crippen MR) is 87.6 cm³/mol. The zero-order chi connectivity index (χ0) is 15.4. The largest absolute Gasteiger partial charge is 0.493 e. The van der Waals surface area contributed by atoms with E-state index in [4.69, 9.17) is 21.1 Å². The lowest BCUT2D eigenvalue weighted by Crippen LogP contribution is -2.21. The molecule has 0 aliphatic heterocycles. The van der Waals surface area contributed by atoms with Crippen LogP contribution in [0.5, 0.6) is 11.5 Å². The number of hydrogen-bond donors (Lipinski definition) is 1. The van der Waals surface area contributed by atoms with E-state index in [1.54, 1.807) is 25.6 Å². The number of nitrogens with one attached hydrogen (secondary N) is 1. The van der Waals surface area contributed by atoms with Crippen LogP contribution in [-0.2, 0) is 6.54 Å². The third-order valence-corrected chi connectivity index (χ3v) is 4.14. The van der Waals surface area contributed by atoms with Crippen LogP contribution in [0.2, 0.25) is 5.02 Å². The Morgan fingerprint density at radius 3 is 2.67 bits per heavy atom. The number of methoxy groups -OCH3 is 2. The van der Waals surface area contributed by atoms with Crippen molar-refractivity contribution in [1.82, 2.24) is 10.3 Å². The van der Waals surface area contributed by atoms with E-state index >= 15 is 0 Å². The Bertz CT molecular complexity index is 614. The molecule has 2 rings (SSSR count). The molecular formula is C15H19ClN2O2S. The van der Waals surface area contributed by atoms with Gasteiger partial charge in [-0.25, -0.2) is 4.98 Å². The molecular weight excluding hydrogens is 308 g/mol. The van der Waals surface area contributed by atoms with Gasteiger partial charge in [-0.05, 0) is 12.1 Å². The molecule has 114 valence electrons. The fraction of sp³-hybridized carbons (Fsp3) is 0.400. The Kier molecular flexibility index (Phi) is 5.45. The fourth-order valence-corrected chi connectivity index (χ4v) is 2.97. The number of ether oxygens (including phenoxy) is 2. The standard InChI is InChI=1S/C15H19ClN2O2S/c1-9(2)17-7-11-8-21-15(18-11)10-5-12(16)14(20-4)13(6-10)19-3/h5-6,8-9,17H,7H2,1-4H3. The maximum atomic E-state index is 6.23. The zero-order valence-corrected chi connectivity index (χ0v) is 14.1. The van der Waals surface area contributed by atoms with Crippen molar-refractivity contribution in [3.8, 4) is 22.1 Å². The molecule has 0 aliphatic carbocycles. The molecule has 0 saturated carbocycles.